The number of fused-ring (bicyclic) bond motifs is 1. The van der Waals surface area contributed by atoms with Gasteiger partial charge in [-0.3, -0.25) is 4.57 Å². The minimum absolute atomic E-state index is 0.328. The number of aromatic nitrogens is 6. The zero-order chi connectivity index (χ0) is 21.8. The number of nitrogen functional groups attached to an aromatic ring is 1. The van der Waals surface area contributed by atoms with Gasteiger partial charge in [0.05, 0.1) is 14.2 Å². The second-order valence-corrected chi connectivity index (χ2v) is 6.97. The molecular formula is C21H26N8O2. The van der Waals surface area contributed by atoms with E-state index in [4.69, 9.17) is 20.2 Å². The van der Waals surface area contributed by atoms with Crippen LogP contribution in [0.15, 0.2) is 36.7 Å². The zero-order valence-corrected chi connectivity index (χ0v) is 17.9. The molecule has 4 aromatic rings. The molecular weight excluding hydrogens is 396 g/mol. The van der Waals surface area contributed by atoms with Crippen LogP contribution >= 0.6 is 0 Å². The van der Waals surface area contributed by atoms with E-state index < -0.39 is 0 Å². The van der Waals surface area contributed by atoms with Crippen LogP contribution in [-0.4, -0.2) is 50.1 Å². The summed E-state index contributed by atoms with van der Waals surface area (Å²) in [5, 5.41) is 7.56. The van der Waals surface area contributed by atoms with Gasteiger partial charge in [-0.1, -0.05) is 6.92 Å². The Hall–Kier alpha value is -3.82. The molecule has 0 aliphatic rings. The van der Waals surface area contributed by atoms with Crippen molar-refractivity contribution in [1.82, 2.24) is 29.3 Å². The molecule has 162 valence electrons. The van der Waals surface area contributed by atoms with Gasteiger partial charge in [-0.2, -0.15) is 15.1 Å². The van der Waals surface area contributed by atoms with Crippen molar-refractivity contribution in [3.8, 4) is 17.4 Å². The summed E-state index contributed by atoms with van der Waals surface area (Å²) in [6.45, 7) is 3.44. The summed E-state index contributed by atoms with van der Waals surface area (Å²) in [6.07, 6.45) is 5.18. The van der Waals surface area contributed by atoms with Gasteiger partial charge >= 0.3 is 0 Å². The van der Waals surface area contributed by atoms with E-state index in [1.165, 1.54) is 0 Å². The standard InChI is InChI=1S/C21H26N8O2/c1-4-11-28-19-17(25-21(28)29-12-5-9-24-29)18(22)26-20(27-19)23-10-8-14-13-15(30-2)6-7-16(14)31-3/h5-7,9,12-13H,4,8,10-11H2,1-3H3,(H3,22,23,26,27). The van der Waals surface area contributed by atoms with Crippen LogP contribution in [0, 0.1) is 0 Å². The Bertz CT molecular complexity index is 1170. The number of hydrogen-bond donors (Lipinski definition) is 2. The van der Waals surface area contributed by atoms with Gasteiger partial charge in [0.25, 0.3) is 0 Å². The maximum atomic E-state index is 6.22. The molecule has 0 bridgehead atoms. The third-order valence-electron chi connectivity index (χ3n) is 4.92. The van der Waals surface area contributed by atoms with Crippen LogP contribution in [-0.2, 0) is 13.0 Å². The van der Waals surface area contributed by atoms with Gasteiger partial charge in [0.1, 0.15) is 11.5 Å². The lowest BCUT2D eigenvalue weighted by Gasteiger charge is -2.11. The first kappa shape index (κ1) is 20.5. The quantitative estimate of drug-likeness (QED) is 0.423. The number of hydrogen-bond acceptors (Lipinski definition) is 8. The minimum Gasteiger partial charge on any atom is -0.497 e. The molecule has 10 nitrogen and oxygen atoms in total. The van der Waals surface area contributed by atoms with E-state index in [0.29, 0.717) is 41.8 Å². The maximum Gasteiger partial charge on any atom is 0.233 e. The highest BCUT2D eigenvalue weighted by atomic mass is 16.5. The second kappa shape index (κ2) is 8.90. The van der Waals surface area contributed by atoms with Crippen molar-refractivity contribution in [2.75, 3.05) is 31.8 Å². The van der Waals surface area contributed by atoms with Gasteiger partial charge in [0.2, 0.25) is 11.9 Å². The molecule has 0 amide bonds. The predicted octanol–water partition coefficient (Wildman–Crippen LogP) is 2.68. The summed E-state index contributed by atoms with van der Waals surface area (Å²) in [5.41, 5.74) is 8.50. The van der Waals surface area contributed by atoms with Crippen LogP contribution in [0.5, 0.6) is 11.5 Å². The minimum atomic E-state index is 0.328. The molecule has 0 fully saturated rings. The van der Waals surface area contributed by atoms with E-state index in [2.05, 4.69) is 27.3 Å². The van der Waals surface area contributed by atoms with Crippen molar-refractivity contribution in [3.63, 3.8) is 0 Å². The van der Waals surface area contributed by atoms with Crippen LogP contribution in [0.1, 0.15) is 18.9 Å². The third kappa shape index (κ3) is 4.09. The fourth-order valence-corrected chi connectivity index (χ4v) is 3.47. The van der Waals surface area contributed by atoms with Crippen molar-refractivity contribution in [1.29, 1.82) is 0 Å². The van der Waals surface area contributed by atoms with Gasteiger partial charge in [-0.05, 0) is 42.7 Å². The highest BCUT2D eigenvalue weighted by Crippen LogP contribution is 2.25. The number of nitrogens with zero attached hydrogens (tertiary/aromatic N) is 6. The van der Waals surface area contributed by atoms with Crippen LogP contribution in [0.4, 0.5) is 11.8 Å². The van der Waals surface area contributed by atoms with E-state index in [0.717, 1.165) is 30.0 Å². The second-order valence-electron chi connectivity index (χ2n) is 6.97. The number of aryl methyl sites for hydroxylation is 1. The van der Waals surface area contributed by atoms with Gasteiger partial charge in [0, 0.05) is 25.5 Å². The molecule has 4 rings (SSSR count). The van der Waals surface area contributed by atoms with Crippen molar-refractivity contribution in [2.45, 2.75) is 26.3 Å². The smallest absolute Gasteiger partial charge is 0.233 e. The van der Waals surface area contributed by atoms with Crippen LogP contribution in [0.2, 0.25) is 0 Å². The molecule has 0 aliphatic carbocycles. The number of imidazole rings is 1. The van der Waals surface area contributed by atoms with E-state index in [1.807, 2.05) is 35.0 Å². The highest BCUT2D eigenvalue weighted by Gasteiger charge is 2.18. The number of nitrogens with two attached hydrogens (primary N) is 1. The van der Waals surface area contributed by atoms with Crippen molar-refractivity contribution in [3.05, 3.63) is 42.2 Å². The van der Waals surface area contributed by atoms with Crippen LogP contribution < -0.4 is 20.5 Å². The zero-order valence-electron chi connectivity index (χ0n) is 17.9. The Balaban J connectivity index is 1.60. The average molecular weight is 422 g/mol. The Morgan fingerprint density at radius 2 is 2.00 bits per heavy atom. The monoisotopic (exact) mass is 422 g/mol. The lowest BCUT2D eigenvalue weighted by atomic mass is 10.1. The lowest BCUT2D eigenvalue weighted by Crippen LogP contribution is -2.11. The van der Waals surface area contributed by atoms with Crippen molar-refractivity contribution < 1.29 is 9.47 Å². The van der Waals surface area contributed by atoms with Crippen LogP contribution in [0.25, 0.3) is 17.1 Å². The van der Waals surface area contributed by atoms with E-state index in [1.54, 1.807) is 25.1 Å². The molecule has 0 unspecified atom stereocenters. The summed E-state index contributed by atoms with van der Waals surface area (Å²) >= 11 is 0. The summed E-state index contributed by atoms with van der Waals surface area (Å²) in [5.74, 6) is 3.04. The molecule has 0 spiro atoms. The molecule has 10 heteroatoms. The van der Waals surface area contributed by atoms with Gasteiger partial charge in [-0.25, -0.2) is 9.67 Å². The predicted molar refractivity (Wildman–Crippen MR) is 119 cm³/mol. The van der Waals surface area contributed by atoms with Crippen molar-refractivity contribution in [2.24, 2.45) is 0 Å². The average Bonchev–Trinajstić information content (AvgIpc) is 3.43. The molecule has 3 N–H and O–H groups in total. The summed E-state index contributed by atoms with van der Waals surface area (Å²) < 4.78 is 14.5. The number of methoxy groups -OCH3 is 2. The Morgan fingerprint density at radius 1 is 1.13 bits per heavy atom. The number of benzene rings is 1. The molecule has 0 saturated heterocycles. The number of rotatable bonds is 9. The lowest BCUT2D eigenvalue weighted by molar-refractivity contribution is 0.399. The number of anilines is 2. The Labute approximate surface area is 180 Å². The molecule has 3 aromatic heterocycles. The third-order valence-corrected chi connectivity index (χ3v) is 4.92. The first-order valence-electron chi connectivity index (χ1n) is 10.1. The SMILES string of the molecule is CCCn1c(-n2cccn2)nc2c(N)nc(NCCc3cc(OC)ccc3OC)nc21. The summed E-state index contributed by atoms with van der Waals surface area (Å²) in [7, 11) is 3.30. The van der Waals surface area contributed by atoms with Crippen molar-refractivity contribution >= 4 is 22.9 Å². The van der Waals surface area contributed by atoms with Gasteiger partial charge < -0.3 is 20.5 Å². The maximum absolute atomic E-state index is 6.22. The summed E-state index contributed by atoms with van der Waals surface area (Å²) in [6, 6.07) is 7.59. The molecule has 0 saturated carbocycles. The number of ether oxygens (including phenoxy) is 2. The van der Waals surface area contributed by atoms with E-state index in [9.17, 15) is 0 Å². The fraction of sp³-hybridized carbons (Fsp3) is 0.333. The summed E-state index contributed by atoms with van der Waals surface area (Å²) in [4.78, 5) is 13.7. The van der Waals surface area contributed by atoms with E-state index >= 15 is 0 Å². The largest absolute Gasteiger partial charge is 0.497 e. The highest BCUT2D eigenvalue weighted by molar-refractivity contribution is 5.84. The molecule has 31 heavy (non-hydrogen) atoms. The topological polar surface area (TPSA) is 118 Å². The van der Waals surface area contributed by atoms with E-state index in [-0.39, 0.29) is 0 Å². The molecule has 0 aliphatic heterocycles. The Morgan fingerprint density at radius 3 is 2.71 bits per heavy atom. The van der Waals surface area contributed by atoms with Gasteiger partial charge in [-0.15, -0.1) is 0 Å². The normalized spacial score (nSPS) is 11.1. The fourth-order valence-electron chi connectivity index (χ4n) is 3.47. The van der Waals surface area contributed by atoms with Crippen LogP contribution in [0.3, 0.4) is 0 Å². The number of nitrogens with one attached hydrogen (secondary N) is 1. The first-order valence-corrected chi connectivity index (χ1v) is 10.1. The molecule has 0 atom stereocenters. The van der Waals surface area contributed by atoms with Gasteiger partial charge in [0.15, 0.2) is 17.0 Å². The molecule has 3 heterocycles. The molecule has 0 radical (unpaired) electrons. The molecule has 1 aromatic carbocycles. The first-order chi connectivity index (χ1) is 15.1. The Kier molecular flexibility index (Phi) is 5.87.